The third-order valence-electron chi connectivity index (χ3n) is 3.72. The minimum absolute atomic E-state index is 0.125. The molecule has 0 aliphatic rings. The molecule has 0 unspecified atom stereocenters. The topological polar surface area (TPSA) is 79.5 Å². The van der Waals surface area contributed by atoms with Crippen molar-refractivity contribution >= 4 is 17.5 Å². The van der Waals surface area contributed by atoms with Crippen molar-refractivity contribution in [3.8, 4) is 5.75 Å². The van der Waals surface area contributed by atoms with Gasteiger partial charge in [0.2, 0.25) is 5.91 Å². The molecule has 6 nitrogen and oxygen atoms in total. The van der Waals surface area contributed by atoms with E-state index in [-0.39, 0.29) is 23.9 Å². The molecule has 2 rings (SSSR count). The first-order chi connectivity index (χ1) is 12.8. The zero-order valence-corrected chi connectivity index (χ0v) is 16.3. The summed E-state index contributed by atoms with van der Waals surface area (Å²) in [5.74, 6) is 0.507. The van der Waals surface area contributed by atoms with Gasteiger partial charge in [-0.25, -0.2) is 0 Å². The molecule has 0 heterocycles. The fraction of sp³-hybridized carbons (Fsp3) is 0.333. The molecule has 0 bridgehead atoms. The lowest BCUT2D eigenvalue weighted by molar-refractivity contribution is -0.119. The summed E-state index contributed by atoms with van der Waals surface area (Å²) in [6.07, 6.45) is 0. The van der Waals surface area contributed by atoms with Gasteiger partial charge in [-0.3, -0.25) is 9.59 Å². The first-order valence-corrected chi connectivity index (χ1v) is 8.83. The molecule has 0 fully saturated rings. The van der Waals surface area contributed by atoms with Gasteiger partial charge in [0.05, 0.1) is 13.7 Å². The van der Waals surface area contributed by atoms with Crippen LogP contribution in [0.1, 0.15) is 36.7 Å². The number of hydrogen-bond donors (Lipinski definition) is 3. The number of carbonyl (C=O) groups is 2. The highest BCUT2D eigenvalue weighted by atomic mass is 16.5. The SMILES string of the molecule is COc1ccc(CNC(=O)CNc2cccc(C(=O)NC(C)(C)C)c2)cc1. The Morgan fingerprint density at radius 3 is 2.37 bits per heavy atom. The second-order valence-corrected chi connectivity index (χ2v) is 7.26. The molecule has 0 aliphatic carbocycles. The number of hydrogen-bond acceptors (Lipinski definition) is 4. The lowest BCUT2D eigenvalue weighted by Gasteiger charge is -2.20. The summed E-state index contributed by atoms with van der Waals surface area (Å²) in [4.78, 5) is 24.3. The fourth-order valence-electron chi connectivity index (χ4n) is 2.37. The molecule has 144 valence electrons. The van der Waals surface area contributed by atoms with Crippen molar-refractivity contribution in [3.05, 3.63) is 59.7 Å². The number of methoxy groups -OCH3 is 1. The first-order valence-electron chi connectivity index (χ1n) is 8.83. The molecule has 0 saturated carbocycles. The number of rotatable bonds is 7. The maximum Gasteiger partial charge on any atom is 0.251 e. The lowest BCUT2D eigenvalue weighted by Crippen LogP contribution is -2.40. The van der Waals surface area contributed by atoms with E-state index in [4.69, 9.17) is 4.74 Å². The van der Waals surface area contributed by atoms with Gasteiger partial charge in [0.1, 0.15) is 5.75 Å². The summed E-state index contributed by atoms with van der Waals surface area (Å²) in [6.45, 7) is 6.36. The Morgan fingerprint density at radius 2 is 1.74 bits per heavy atom. The van der Waals surface area contributed by atoms with Gasteiger partial charge in [-0.1, -0.05) is 18.2 Å². The van der Waals surface area contributed by atoms with Gasteiger partial charge in [-0.2, -0.15) is 0 Å². The summed E-state index contributed by atoms with van der Waals surface area (Å²) < 4.78 is 5.11. The molecule has 2 aromatic rings. The molecule has 27 heavy (non-hydrogen) atoms. The van der Waals surface area contributed by atoms with Gasteiger partial charge in [0.15, 0.2) is 0 Å². The van der Waals surface area contributed by atoms with Crippen LogP contribution in [0.2, 0.25) is 0 Å². The van der Waals surface area contributed by atoms with Crippen molar-refractivity contribution in [2.75, 3.05) is 19.0 Å². The quantitative estimate of drug-likeness (QED) is 0.701. The number of amides is 2. The van der Waals surface area contributed by atoms with Crippen molar-refractivity contribution in [3.63, 3.8) is 0 Å². The zero-order valence-electron chi connectivity index (χ0n) is 16.3. The van der Waals surface area contributed by atoms with E-state index in [0.29, 0.717) is 12.1 Å². The summed E-state index contributed by atoms with van der Waals surface area (Å²) in [5.41, 5.74) is 1.96. The second-order valence-electron chi connectivity index (χ2n) is 7.26. The van der Waals surface area contributed by atoms with Crippen LogP contribution in [0.5, 0.6) is 5.75 Å². The monoisotopic (exact) mass is 369 g/mol. The van der Waals surface area contributed by atoms with Crippen LogP contribution in [0.25, 0.3) is 0 Å². The van der Waals surface area contributed by atoms with Crippen molar-refractivity contribution in [1.82, 2.24) is 10.6 Å². The van der Waals surface area contributed by atoms with Gasteiger partial charge < -0.3 is 20.7 Å². The van der Waals surface area contributed by atoms with E-state index in [1.54, 1.807) is 25.3 Å². The van der Waals surface area contributed by atoms with Crippen molar-refractivity contribution in [1.29, 1.82) is 0 Å². The van der Waals surface area contributed by atoms with E-state index in [1.165, 1.54) is 0 Å². The Kier molecular flexibility index (Phi) is 6.82. The molecular weight excluding hydrogens is 342 g/mol. The van der Waals surface area contributed by atoms with Crippen LogP contribution < -0.4 is 20.7 Å². The Labute approximate surface area is 160 Å². The van der Waals surface area contributed by atoms with E-state index in [1.807, 2.05) is 51.1 Å². The Hall–Kier alpha value is -3.02. The third-order valence-corrected chi connectivity index (χ3v) is 3.72. The highest BCUT2D eigenvalue weighted by Gasteiger charge is 2.15. The highest BCUT2D eigenvalue weighted by molar-refractivity contribution is 5.95. The molecule has 0 aliphatic heterocycles. The maximum absolute atomic E-state index is 12.2. The Morgan fingerprint density at radius 1 is 1.04 bits per heavy atom. The maximum atomic E-state index is 12.2. The van der Waals surface area contributed by atoms with Crippen molar-refractivity contribution in [2.45, 2.75) is 32.9 Å². The summed E-state index contributed by atoms with van der Waals surface area (Å²) in [6, 6.07) is 14.6. The average Bonchev–Trinajstić information content (AvgIpc) is 2.64. The minimum Gasteiger partial charge on any atom is -0.497 e. The van der Waals surface area contributed by atoms with Crippen molar-refractivity contribution < 1.29 is 14.3 Å². The van der Waals surface area contributed by atoms with E-state index < -0.39 is 0 Å². The molecule has 0 spiro atoms. The van der Waals surface area contributed by atoms with Gasteiger partial charge in [0, 0.05) is 23.3 Å². The minimum atomic E-state index is -0.304. The molecule has 0 aromatic heterocycles. The Bertz CT molecular complexity index is 780. The van der Waals surface area contributed by atoms with Crippen LogP contribution in [0, 0.1) is 0 Å². The number of benzene rings is 2. The van der Waals surface area contributed by atoms with Crippen LogP contribution in [0.3, 0.4) is 0 Å². The van der Waals surface area contributed by atoms with E-state index in [9.17, 15) is 9.59 Å². The Balaban J connectivity index is 1.84. The predicted octanol–water partition coefficient (Wildman–Crippen LogP) is 2.95. The van der Waals surface area contributed by atoms with Crippen LogP contribution in [0.4, 0.5) is 5.69 Å². The molecule has 0 atom stereocenters. The summed E-state index contributed by atoms with van der Waals surface area (Å²) >= 11 is 0. The summed E-state index contributed by atoms with van der Waals surface area (Å²) in [5, 5.41) is 8.82. The summed E-state index contributed by atoms with van der Waals surface area (Å²) in [7, 11) is 1.62. The number of nitrogens with one attached hydrogen (secondary N) is 3. The first kappa shape index (κ1) is 20.3. The van der Waals surface area contributed by atoms with Crippen molar-refractivity contribution in [2.24, 2.45) is 0 Å². The van der Waals surface area contributed by atoms with Gasteiger partial charge in [0.25, 0.3) is 5.91 Å². The smallest absolute Gasteiger partial charge is 0.251 e. The molecular formula is C21H27N3O3. The lowest BCUT2D eigenvalue weighted by atomic mass is 10.1. The van der Waals surface area contributed by atoms with E-state index in [0.717, 1.165) is 17.0 Å². The highest BCUT2D eigenvalue weighted by Crippen LogP contribution is 2.12. The van der Waals surface area contributed by atoms with E-state index >= 15 is 0 Å². The van der Waals surface area contributed by atoms with Crippen LogP contribution in [-0.2, 0) is 11.3 Å². The second kappa shape index (κ2) is 9.07. The van der Waals surface area contributed by atoms with E-state index in [2.05, 4.69) is 16.0 Å². The van der Waals surface area contributed by atoms with Crippen LogP contribution >= 0.6 is 0 Å². The molecule has 2 amide bonds. The number of ether oxygens (including phenoxy) is 1. The molecule has 2 aromatic carbocycles. The van der Waals surface area contributed by atoms with Crippen LogP contribution in [0.15, 0.2) is 48.5 Å². The van der Waals surface area contributed by atoms with Gasteiger partial charge >= 0.3 is 0 Å². The standard InChI is InChI=1S/C21H27N3O3/c1-21(2,3)24-20(26)16-6-5-7-17(12-16)22-14-19(25)23-13-15-8-10-18(27-4)11-9-15/h5-12,22H,13-14H2,1-4H3,(H,23,25)(H,24,26). The molecule has 0 saturated heterocycles. The largest absolute Gasteiger partial charge is 0.497 e. The zero-order chi connectivity index (χ0) is 19.9. The average molecular weight is 369 g/mol. The number of carbonyl (C=O) groups excluding carboxylic acids is 2. The van der Waals surface area contributed by atoms with Gasteiger partial charge in [-0.15, -0.1) is 0 Å². The predicted molar refractivity (Wildman–Crippen MR) is 107 cm³/mol. The number of anilines is 1. The van der Waals surface area contributed by atoms with Crippen LogP contribution in [-0.4, -0.2) is 31.0 Å². The molecule has 0 radical (unpaired) electrons. The molecule has 6 heteroatoms. The third kappa shape index (κ3) is 7.01. The van der Waals surface area contributed by atoms with Gasteiger partial charge in [-0.05, 0) is 56.7 Å². The molecule has 3 N–H and O–H groups in total. The fourth-order valence-corrected chi connectivity index (χ4v) is 2.37. The normalized spacial score (nSPS) is 10.8.